The minimum absolute atomic E-state index is 0.0598. The molecule has 1 aliphatic rings. The summed E-state index contributed by atoms with van der Waals surface area (Å²) in [6, 6.07) is -0.0598. The normalized spacial score (nSPS) is 18.9. The van der Waals surface area contributed by atoms with Gasteiger partial charge in [-0.1, -0.05) is 25.0 Å². The molecule has 1 fully saturated rings. The zero-order valence-corrected chi connectivity index (χ0v) is 14.9. The Morgan fingerprint density at radius 1 is 1.48 bits per heavy atom. The fraction of sp³-hybridized carbons (Fsp3) is 0.684. The molecule has 2 N–H and O–H groups in total. The maximum Gasteiger partial charge on any atom is 0.303 e. The molecule has 0 aromatic heterocycles. The number of likely N-dealkylation sites (tertiary alicyclic amines) is 1. The number of carboxylic acid groups (broad SMARTS) is 1. The average Bonchev–Trinajstić information content (AvgIpc) is 2.57. The molecule has 1 unspecified atom stereocenters. The highest BCUT2D eigenvalue weighted by Crippen LogP contribution is 2.19. The third-order valence-electron chi connectivity index (χ3n) is 3.87. The van der Waals surface area contributed by atoms with Crippen LogP contribution in [0.5, 0.6) is 0 Å². The third-order valence-corrected chi connectivity index (χ3v) is 3.87. The molecule has 0 saturated carbocycles. The zero-order valence-electron chi connectivity index (χ0n) is 14.9. The molecule has 2 atom stereocenters. The van der Waals surface area contributed by atoms with E-state index in [-0.39, 0.29) is 25.0 Å². The number of unbranched alkanes of at least 4 members (excludes halogenated alkanes) is 1. The first-order chi connectivity index (χ1) is 12.0. The van der Waals surface area contributed by atoms with Crippen molar-refractivity contribution >= 4 is 11.9 Å². The van der Waals surface area contributed by atoms with Crippen molar-refractivity contribution in [3.8, 4) is 11.8 Å². The lowest BCUT2D eigenvalue weighted by Crippen LogP contribution is -2.42. The van der Waals surface area contributed by atoms with Crippen LogP contribution >= 0.6 is 0 Å². The van der Waals surface area contributed by atoms with Crippen LogP contribution in [0.1, 0.15) is 51.9 Å². The minimum atomic E-state index is -0.820. The predicted octanol–water partition coefficient (Wildman–Crippen LogP) is 1.97. The second kappa shape index (κ2) is 12.5. The zero-order chi connectivity index (χ0) is 18.5. The summed E-state index contributed by atoms with van der Waals surface area (Å²) in [4.78, 5) is 24.3. The lowest BCUT2D eigenvalue weighted by atomic mass is 10.0. The van der Waals surface area contributed by atoms with Gasteiger partial charge in [0.1, 0.15) is 0 Å². The predicted molar refractivity (Wildman–Crippen MR) is 94.9 cm³/mol. The second-order valence-electron chi connectivity index (χ2n) is 6.11. The molecule has 0 radical (unpaired) electrons. The van der Waals surface area contributed by atoms with Gasteiger partial charge in [0.15, 0.2) is 0 Å². The van der Waals surface area contributed by atoms with E-state index in [0.717, 1.165) is 19.3 Å². The molecule has 0 aliphatic carbocycles. The first-order valence-corrected chi connectivity index (χ1v) is 8.95. The number of hydrogen-bond acceptors (Lipinski definition) is 4. The number of aliphatic hydroxyl groups excluding tert-OH is 1. The Balaban J connectivity index is 2.48. The molecule has 1 rings (SSSR count). The van der Waals surface area contributed by atoms with Crippen LogP contribution in [-0.2, 0) is 14.3 Å². The lowest BCUT2D eigenvalue weighted by molar-refractivity contribution is -0.137. The largest absolute Gasteiger partial charge is 0.481 e. The van der Waals surface area contributed by atoms with Crippen molar-refractivity contribution in [2.45, 2.75) is 64.0 Å². The molecule has 25 heavy (non-hydrogen) atoms. The van der Waals surface area contributed by atoms with Crippen molar-refractivity contribution in [1.82, 2.24) is 4.90 Å². The number of aliphatic hydroxyl groups is 1. The fourth-order valence-corrected chi connectivity index (χ4v) is 2.57. The van der Waals surface area contributed by atoms with E-state index in [1.54, 1.807) is 11.0 Å². The second-order valence-corrected chi connectivity index (χ2v) is 6.11. The molecule has 0 aromatic rings. The van der Waals surface area contributed by atoms with Crippen molar-refractivity contribution in [1.29, 1.82) is 0 Å². The quantitative estimate of drug-likeness (QED) is 0.357. The topological polar surface area (TPSA) is 87.1 Å². The first-order valence-electron chi connectivity index (χ1n) is 8.95. The summed E-state index contributed by atoms with van der Waals surface area (Å²) >= 11 is 0. The summed E-state index contributed by atoms with van der Waals surface area (Å²) in [6.07, 6.45) is 7.14. The molecule has 0 spiro atoms. The highest BCUT2D eigenvalue weighted by molar-refractivity contribution is 5.77. The number of carbonyl (C=O) groups excluding carboxylic acids is 1. The number of ether oxygens (including phenoxy) is 1. The van der Waals surface area contributed by atoms with E-state index < -0.39 is 12.1 Å². The molecule has 6 heteroatoms. The Hall–Kier alpha value is -1.84. The number of aliphatic carboxylic acids is 1. The number of piperidine rings is 1. The molecule has 1 heterocycles. The van der Waals surface area contributed by atoms with Gasteiger partial charge >= 0.3 is 5.97 Å². The van der Waals surface area contributed by atoms with Crippen molar-refractivity contribution in [3.05, 3.63) is 12.2 Å². The number of nitrogens with zero attached hydrogens (tertiary/aromatic N) is 1. The Labute approximate surface area is 149 Å². The van der Waals surface area contributed by atoms with Crippen molar-refractivity contribution in [2.75, 3.05) is 19.8 Å². The summed E-state index contributed by atoms with van der Waals surface area (Å²) in [5.41, 5.74) is 0. The summed E-state index contributed by atoms with van der Waals surface area (Å²) in [7, 11) is 0. The number of hydrogen-bond donors (Lipinski definition) is 2. The Morgan fingerprint density at radius 2 is 2.28 bits per heavy atom. The van der Waals surface area contributed by atoms with Crippen LogP contribution < -0.4 is 0 Å². The number of rotatable bonds is 10. The van der Waals surface area contributed by atoms with Crippen molar-refractivity contribution in [2.24, 2.45) is 0 Å². The summed E-state index contributed by atoms with van der Waals surface area (Å²) in [6.45, 7) is 3.23. The van der Waals surface area contributed by atoms with Crippen LogP contribution in [0.4, 0.5) is 0 Å². The van der Waals surface area contributed by atoms with Gasteiger partial charge in [-0.25, -0.2) is 0 Å². The van der Waals surface area contributed by atoms with Gasteiger partial charge in [0, 0.05) is 25.9 Å². The molecule has 1 aliphatic heterocycles. The van der Waals surface area contributed by atoms with E-state index in [9.17, 15) is 14.7 Å². The van der Waals surface area contributed by atoms with Gasteiger partial charge in [-0.05, 0) is 25.7 Å². The van der Waals surface area contributed by atoms with Gasteiger partial charge in [-0.2, -0.15) is 0 Å². The van der Waals surface area contributed by atoms with Crippen molar-refractivity contribution in [3.63, 3.8) is 0 Å². The van der Waals surface area contributed by atoms with Crippen LogP contribution in [0.25, 0.3) is 0 Å². The average molecular weight is 351 g/mol. The molecule has 1 saturated heterocycles. The van der Waals surface area contributed by atoms with E-state index in [1.807, 2.05) is 13.0 Å². The maximum absolute atomic E-state index is 12.1. The summed E-state index contributed by atoms with van der Waals surface area (Å²) in [5.74, 6) is 5.13. The standard InChI is InChI=1S/C19H29NO5/c1-2-14-25-15-17(21)12-11-16-8-7-9-18(22)20(16)13-6-4-3-5-10-19(23)24/h11-12,16-17,21H,2-3,5,7-10,13-15H2,1H3,(H,23,24)/b12-11+/t16-,17?/m1/s1. The van der Waals surface area contributed by atoms with Crippen LogP contribution in [0.3, 0.4) is 0 Å². The van der Waals surface area contributed by atoms with Gasteiger partial charge in [0.2, 0.25) is 5.91 Å². The Bertz CT molecular complexity index is 506. The highest BCUT2D eigenvalue weighted by atomic mass is 16.5. The number of amides is 1. The molecule has 0 aromatic carbocycles. The van der Waals surface area contributed by atoms with E-state index >= 15 is 0 Å². The van der Waals surface area contributed by atoms with Gasteiger partial charge in [-0.15, -0.1) is 5.92 Å². The Morgan fingerprint density at radius 3 is 3.00 bits per heavy atom. The highest BCUT2D eigenvalue weighted by Gasteiger charge is 2.25. The van der Waals surface area contributed by atoms with E-state index in [0.29, 0.717) is 32.4 Å². The van der Waals surface area contributed by atoms with Gasteiger partial charge in [-0.3, -0.25) is 9.59 Å². The number of carbonyl (C=O) groups is 2. The van der Waals surface area contributed by atoms with E-state index in [1.165, 1.54) is 0 Å². The van der Waals surface area contributed by atoms with Crippen LogP contribution in [0, 0.1) is 11.8 Å². The number of carboxylic acids is 1. The van der Waals surface area contributed by atoms with Crippen LogP contribution in [-0.4, -0.2) is 58.9 Å². The molecular weight excluding hydrogens is 322 g/mol. The summed E-state index contributed by atoms with van der Waals surface area (Å²) in [5, 5.41) is 18.5. The summed E-state index contributed by atoms with van der Waals surface area (Å²) < 4.78 is 5.31. The third kappa shape index (κ3) is 9.28. The molecule has 1 amide bonds. The van der Waals surface area contributed by atoms with Crippen molar-refractivity contribution < 1.29 is 24.5 Å². The van der Waals surface area contributed by atoms with Gasteiger partial charge in [0.25, 0.3) is 0 Å². The fourth-order valence-electron chi connectivity index (χ4n) is 2.57. The minimum Gasteiger partial charge on any atom is -0.481 e. The van der Waals surface area contributed by atoms with Crippen LogP contribution in [0.2, 0.25) is 0 Å². The van der Waals surface area contributed by atoms with Crippen LogP contribution in [0.15, 0.2) is 12.2 Å². The SMILES string of the molecule is CCCOCC(O)/C=C/[C@H]1CCCC(=O)N1CC#CCCCC(=O)O. The first kappa shape index (κ1) is 21.2. The smallest absolute Gasteiger partial charge is 0.303 e. The molecular formula is C19H29NO5. The van der Waals surface area contributed by atoms with Gasteiger partial charge < -0.3 is 19.8 Å². The van der Waals surface area contributed by atoms with E-state index in [2.05, 4.69) is 11.8 Å². The maximum atomic E-state index is 12.1. The molecule has 0 bridgehead atoms. The van der Waals surface area contributed by atoms with E-state index in [4.69, 9.17) is 9.84 Å². The Kier molecular flexibility index (Phi) is 10.6. The monoisotopic (exact) mass is 351 g/mol. The molecule has 140 valence electrons. The lowest BCUT2D eigenvalue weighted by Gasteiger charge is -2.32. The van der Waals surface area contributed by atoms with Gasteiger partial charge in [0.05, 0.1) is 25.3 Å². The molecule has 6 nitrogen and oxygen atoms in total.